The number of H-pyrrole nitrogens is 1. The summed E-state index contributed by atoms with van der Waals surface area (Å²) < 4.78 is 10.6. The fourth-order valence-corrected chi connectivity index (χ4v) is 2.80. The van der Waals surface area contributed by atoms with E-state index in [1.54, 1.807) is 42.5 Å². The molecule has 2 N–H and O–H groups in total. The second-order valence-electron chi connectivity index (χ2n) is 5.12. The number of carbonyl (C=O) groups is 1. The van der Waals surface area contributed by atoms with Gasteiger partial charge in [0.15, 0.2) is 11.5 Å². The molecule has 0 fully saturated rings. The first-order valence-electron chi connectivity index (χ1n) is 6.93. The van der Waals surface area contributed by atoms with Crippen LogP contribution in [0, 0.1) is 0 Å². The van der Waals surface area contributed by atoms with Crippen molar-refractivity contribution in [1.29, 1.82) is 0 Å². The molecule has 4 rings (SSSR count). The molecule has 23 heavy (non-hydrogen) atoms. The van der Waals surface area contributed by atoms with Crippen LogP contribution in [0.5, 0.6) is 11.5 Å². The third kappa shape index (κ3) is 2.03. The van der Waals surface area contributed by atoms with Crippen LogP contribution in [0.15, 0.2) is 47.3 Å². The van der Waals surface area contributed by atoms with Gasteiger partial charge in [-0.1, -0.05) is 24.3 Å². The van der Waals surface area contributed by atoms with Gasteiger partial charge in [0.1, 0.15) is 5.56 Å². The van der Waals surface area contributed by atoms with E-state index >= 15 is 0 Å². The van der Waals surface area contributed by atoms with Crippen LogP contribution in [-0.2, 0) is 0 Å². The van der Waals surface area contributed by atoms with E-state index in [4.69, 9.17) is 9.47 Å². The molecule has 0 radical (unpaired) electrons. The number of aromatic nitrogens is 1. The molecule has 6 heteroatoms. The molecule has 0 atom stereocenters. The van der Waals surface area contributed by atoms with E-state index in [1.807, 2.05) is 0 Å². The highest BCUT2D eigenvalue weighted by atomic mass is 16.7. The third-order valence-corrected chi connectivity index (χ3v) is 3.80. The first-order valence-corrected chi connectivity index (χ1v) is 6.93. The highest BCUT2D eigenvalue weighted by molar-refractivity contribution is 6.06. The SMILES string of the molecule is O=C(O)c1c(-c2ccc3c(c2)OCO3)c2ccccc2[nH]c1=O. The number of nitrogens with one attached hydrogen (secondary N) is 1. The minimum absolute atomic E-state index is 0.126. The Bertz CT molecular complexity index is 1010. The molecule has 6 nitrogen and oxygen atoms in total. The zero-order valence-electron chi connectivity index (χ0n) is 11.8. The molecular formula is C17H11NO5. The number of hydrogen-bond donors (Lipinski definition) is 2. The van der Waals surface area contributed by atoms with Gasteiger partial charge in [0.2, 0.25) is 6.79 Å². The first-order chi connectivity index (χ1) is 11.1. The molecule has 0 bridgehead atoms. The predicted octanol–water partition coefficient (Wildman–Crippen LogP) is 2.62. The molecule has 1 aliphatic heterocycles. The Morgan fingerprint density at radius 3 is 2.70 bits per heavy atom. The normalized spacial score (nSPS) is 12.5. The Morgan fingerprint density at radius 2 is 1.87 bits per heavy atom. The van der Waals surface area contributed by atoms with Gasteiger partial charge in [-0.3, -0.25) is 4.79 Å². The maximum atomic E-state index is 12.2. The molecule has 114 valence electrons. The van der Waals surface area contributed by atoms with Gasteiger partial charge in [0.25, 0.3) is 5.56 Å². The number of carboxylic acid groups (broad SMARTS) is 1. The van der Waals surface area contributed by atoms with Crippen LogP contribution >= 0.6 is 0 Å². The van der Waals surface area contributed by atoms with E-state index in [-0.39, 0.29) is 12.4 Å². The van der Waals surface area contributed by atoms with Gasteiger partial charge in [-0.2, -0.15) is 0 Å². The van der Waals surface area contributed by atoms with Crippen LogP contribution in [0.2, 0.25) is 0 Å². The van der Waals surface area contributed by atoms with Crippen molar-refractivity contribution in [2.24, 2.45) is 0 Å². The topological polar surface area (TPSA) is 88.6 Å². The maximum Gasteiger partial charge on any atom is 0.342 e. The van der Waals surface area contributed by atoms with Gasteiger partial charge in [-0.15, -0.1) is 0 Å². The zero-order valence-corrected chi connectivity index (χ0v) is 11.8. The summed E-state index contributed by atoms with van der Waals surface area (Å²) in [6, 6.07) is 12.2. The summed E-state index contributed by atoms with van der Waals surface area (Å²) in [6.45, 7) is 0.126. The molecule has 0 amide bonds. The lowest BCUT2D eigenvalue weighted by molar-refractivity contribution is 0.0696. The predicted molar refractivity (Wildman–Crippen MR) is 83.1 cm³/mol. The Balaban J connectivity index is 2.10. The smallest absolute Gasteiger partial charge is 0.342 e. The van der Waals surface area contributed by atoms with Crippen molar-refractivity contribution in [1.82, 2.24) is 4.98 Å². The van der Waals surface area contributed by atoms with Gasteiger partial charge in [-0.25, -0.2) is 4.79 Å². The summed E-state index contributed by atoms with van der Waals surface area (Å²) in [4.78, 5) is 26.4. The number of benzene rings is 2. The van der Waals surface area contributed by atoms with Crippen LogP contribution < -0.4 is 15.0 Å². The molecule has 1 aliphatic rings. The maximum absolute atomic E-state index is 12.2. The Hall–Kier alpha value is -3.28. The lowest BCUT2D eigenvalue weighted by Gasteiger charge is -2.11. The average molecular weight is 309 g/mol. The average Bonchev–Trinajstić information content (AvgIpc) is 3.00. The summed E-state index contributed by atoms with van der Waals surface area (Å²) >= 11 is 0. The van der Waals surface area contributed by atoms with E-state index < -0.39 is 11.5 Å². The van der Waals surface area contributed by atoms with Crippen molar-refractivity contribution in [3.8, 4) is 22.6 Å². The molecule has 0 saturated heterocycles. The summed E-state index contributed by atoms with van der Waals surface area (Å²) in [5.41, 5.74) is 0.616. The standard InChI is InChI=1S/C17H11NO5/c19-16-15(17(20)21)14(10-3-1-2-4-11(10)18-16)9-5-6-12-13(7-9)23-8-22-12/h1-7H,8H2,(H,18,19)(H,20,21). The molecule has 2 aromatic carbocycles. The number of hydrogen-bond acceptors (Lipinski definition) is 4. The summed E-state index contributed by atoms with van der Waals surface area (Å²) in [7, 11) is 0. The summed E-state index contributed by atoms with van der Waals surface area (Å²) in [5, 5.41) is 10.1. The van der Waals surface area contributed by atoms with Crippen LogP contribution in [-0.4, -0.2) is 22.9 Å². The Morgan fingerprint density at radius 1 is 1.09 bits per heavy atom. The molecule has 0 aliphatic carbocycles. The van der Waals surface area contributed by atoms with Crippen molar-refractivity contribution >= 4 is 16.9 Å². The van der Waals surface area contributed by atoms with Crippen molar-refractivity contribution in [2.75, 3.05) is 6.79 Å². The second-order valence-corrected chi connectivity index (χ2v) is 5.12. The van der Waals surface area contributed by atoms with Crippen LogP contribution in [0.3, 0.4) is 0 Å². The number of fused-ring (bicyclic) bond motifs is 2. The lowest BCUT2D eigenvalue weighted by Crippen LogP contribution is -2.19. The molecular weight excluding hydrogens is 298 g/mol. The van der Waals surface area contributed by atoms with Gasteiger partial charge in [0.05, 0.1) is 0 Å². The van der Waals surface area contributed by atoms with E-state index in [2.05, 4.69) is 4.98 Å². The van der Waals surface area contributed by atoms with Crippen molar-refractivity contribution < 1.29 is 19.4 Å². The third-order valence-electron chi connectivity index (χ3n) is 3.80. The fraction of sp³-hybridized carbons (Fsp3) is 0.0588. The minimum Gasteiger partial charge on any atom is -0.477 e. The van der Waals surface area contributed by atoms with E-state index in [9.17, 15) is 14.7 Å². The van der Waals surface area contributed by atoms with Gasteiger partial charge < -0.3 is 19.6 Å². The van der Waals surface area contributed by atoms with E-state index in [0.29, 0.717) is 33.5 Å². The Labute approximate surface area is 129 Å². The Kier molecular flexibility index (Phi) is 2.84. The number of aromatic amines is 1. The molecule has 0 spiro atoms. The summed E-state index contributed by atoms with van der Waals surface area (Å²) in [5.74, 6) is -0.146. The van der Waals surface area contributed by atoms with Gasteiger partial charge >= 0.3 is 5.97 Å². The number of rotatable bonds is 2. The second kappa shape index (κ2) is 4.88. The molecule has 0 unspecified atom stereocenters. The molecule has 3 aromatic rings. The number of ether oxygens (including phenoxy) is 2. The highest BCUT2D eigenvalue weighted by Gasteiger charge is 2.22. The number of carboxylic acids is 1. The van der Waals surface area contributed by atoms with Crippen molar-refractivity contribution in [3.05, 3.63) is 58.4 Å². The quantitative estimate of drug-likeness (QED) is 0.759. The van der Waals surface area contributed by atoms with Crippen molar-refractivity contribution in [2.45, 2.75) is 0 Å². The van der Waals surface area contributed by atoms with E-state index in [1.165, 1.54) is 0 Å². The van der Waals surface area contributed by atoms with Crippen LogP contribution in [0.25, 0.3) is 22.0 Å². The molecule has 1 aromatic heterocycles. The van der Waals surface area contributed by atoms with Crippen LogP contribution in [0.1, 0.15) is 10.4 Å². The molecule has 0 saturated carbocycles. The first kappa shape index (κ1) is 13.4. The van der Waals surface area contributed by atoms with Gasteiger partial charge in [-0.05, 0) is 23.8 Å². The monoisotopic (exact) mass is 309 g/mol. The highest BCUT2D eigenvalue weighted by Crippen LogP contribution is 2.38. The number of aromatic carboxylic acids is 1. The molecule has 2 heterocycles. The largest absolute Gasteiger partial charge is 0.477 e. The van der Waals surface area contributed by atoms with Gasteiger partial charge in [0, 0.05) is 16.5 Å². The zero-order chi connectivity index (χ0) is 16.0. The summed E-state index contributed by atoms with van der Waals surface area (Å²) in [6.07, 6.45) is 0. The number of para-hydroxylation sites is 1. The van der Waals surface area contributed by atoms with Crippen molar-refractivity contribution in [3.63, 3.8) is 0 Å². The minimum atomic E-state index is -1.27. The lowest BCUT2D eigenvalue weighted by atomic mass is 9.96. The van der Waals surface area contributed by atoms with Crippen LogP contribution in [0.4, 0.5) is 0 Å². The van der Waals surface area contributed by atoms with E-state index in [0.717, 1.165) is 0 Å². The fourth-order valence-electron chi connectivity index (χ4n) is 2.80. The number of pyridine rings is 1.